The number of aryl methyl sites for hydroxylation is 1. The summed E-state index contributed by atoms with van der Waals surface area (Å²) in [6.45, 7) is 2.54. The van der Waals surface area contributed by atoms with E-state index in [0.717, 1.165) is 28.2 Å². The fourth-order valence-corrected chi connectivity index (χ4v) is 2.75. The number of aromatic nitrogens is 5. The number of imidazole rings is 1. The molecule has 0 N–H and O–H groups in total. The Morgan fingerprint density at radius 1 is 1.12 bits per heavy atom. The van der Waals surface area contributed by atoms with E-state index >= 15 is 0 Å². The van der Waals surface area contributed by atoms with Crippen molar-refractivity contribution in [3.63, 3.8) is 0 Å². The van der Waals surface area contributed by atoms with Gasteiger partial charge >= 0.3 is 0 Å². The molecule has 0 fully saturated rings. The predicted octanol–water partition coefficient (Wildman–Crippen LogP) is 2.82. The van der Waals surface area contributed by atoms with Crippen LogP contribution in [0.4, 0.5) is 0 Å². The van der Waals surface area contributed by atoms with Crippen molar-refractivity contribution in [1.82, 2.24) is 24.1 Å². The highest BCUT2D eigenvalue weighted by Gasteiger charge is 2.15. The average molecular weight is 314 g/mol. The molecule has 0 unspecified atom stereocenters. The Balaban J connectivity index is 1.90. The third kappa shape index (κ3) is 2.42. The SMILES string of the molecule is Cc1ccc2nc(-c3ccccc3)c(Cn3cnc(C#N)n3)n2c1. The smallest absolute Gasteiger partial charge is 0.252 e. The summed E-state index contributed by atoms with van der Waals surface area (Å²) in [7, 11) is 0. The number of nitriles is 1. The molecule has 0 amide bonds. The molecule has 1 aromatic carbocycles. The van der Waals surface area contributed by atoms with Crippen molar-refractivity contribution in [2.75, 3.05) is 0 Å². The second kappa shape index (κ2) is 5.63. The van der Waals surface area contributed by atoms with Gasteiger partial charge < -0.3 is 4.40 Å². The molecule has 4 aromatic rings. The number of hydrogen-bond donors (Lipinski definition) is 0. The standard InChI is InChI=1S/C18H14N6/c1-13-7-8-17-21-18(14-5-3-2-4-6-14)15(24(17)10-13)11-23-12-20-16(9-19)22-23/h2-8,10,12H,11H2,1H3. The van der Waals surface area contributed by atoms with Crippen molar-refractivity contribution in [3.8, 4) is 17.3 Å². The lowest BCUT2D eigenvalue weighted by atomic mass is 10.1. The van der Waals surface area contributed by atoms with Gasteiger partial charge in [0.2, 0.25) is 0 Å². The Labute approximate surface area is 138 Å². The van der Waals surface area contributed by atoms with Crippen LogP contribution in [0.25, 0.3) is 16.9 Å². The van der Waals surface area contributed by atoms with Gasteiger partial charge in [-0.05, 0) is 18.6 Å². The average Bonchev–Trinajstić information content (AvgIpc) is 3.21. The summed E-state index contributed by atoms with van der Waals surface area (Å²) in [4.78, 5) is 8.76. The normalized spacial score (nSPS) is 10.8. The van der Waals surface area contributed by atoms with Crippen LogP contribution in [-0.4, -0.2) is 24.1 Å². The second-order valence-corrected chi connectivity index (χ2v) is 5.59. The number of benzene rings is 1. The fraction of sp³-hybridized carbons (Fsp3) is 0.111. The quantitative estimate of drug-likeness (QED) is 0.583. The Bertz CT molecular complexity index is 1050. The molecule has 0 spiro atoms. The first kappa shape index (κ1) is 14.2. The van der Waals surface area contributed by atoms with Crippen LogP contribution in [0, 0.1) is 18.3 Å². The molecule has 0 aliphatic rings. The molecule has 24 heavy (non-hydrogen) atoms. The molecule has 0 aliphatic heterocycles. The third-order valence-electron chi connectivity index (χ3n) is 3.86. The highest BCUT2D eigenvalue weighted by Crippen LogP contribution is 2.25. The molecule has 0 bridgehead atoms. The van der Waals surface area contributed by atoms with Gasteiger partial charge in [0.15, 0.2) is 0 Å². The topological polar surface area (TPSA) is 71.8 Å². The van der Waals surface area contributed by atoms with Crippen molar-refractivity contribution >= 4 is 5.65 Å². The van der Waals surface area contributed by atoms with Crippen LogP contribution in [-0.2, 0) is 6.54 Å². The summed E-state index contributed by atoms with van der Waals surface area (Å²) in [5.74, 6) is 0.168. The molecular formula is C18H14N6. The van der Waals surface area contributed by atoms with Gasteiger partial charge in [-0.1, -0.05) is 36.4 Å². The van der Waals surface area contributed by atoms with E-state index in [9.17, 15) is 0 Å². The van der Waals surface area contributed by atoms with Crippen LogP contribution in [0.5, 0.6) is 0 Å². The lowest BCUT2D eigenvalue weighted by Gasteiger charge is -2.06. The zero-order chi connectivity index (χ0) is 16.5. The lowest BCUT2D eigenvalue weighted by molar-refractivity contribution is 0.665. The largest absolute Gasteiger partial charge is 0.301 e. The van der Waals surface area contributed by atoms with Gasteiger partial charge in [-0.2, -0.15) is 5.26 Å². The summed E-state index contributed by atoms with van der Waals surface area (Å²) in [5.41, 5.74) is 5.01. The van der Waals surface area contributed by atoms with Crippen molar-refractivity contribution in [2.24, 2.45) is 0 Å². The third-order valence-corrected chi connectivity index (χ3v) is 3.86. The van der Waals surface area contributed by atoms with Gasteiger partial charge in [-0.25, -0.2) is 14.6 Å². The second-order valence-electron chi connectivity index (χ2n) is 5.59. The van der Waals surface area contributed by atoms with Crippen LogP contribution in [0.1, 0.15) is 17.1 Å². The summed E-state index contributed by atoms with van der Waals surface area (Å²) >= 11 is 0. The van der Waals surface area contributed by atoms with E-state index in [1.807, 2.05) is 48.5 Å². The fourth-order valence-electron chi connectivity index (χ4n) is 2.75. The highest BCUT2D eigenvalue weighted by atomic mass is 15.3. The van der Waals surface area contributed by atoms with E-state index in [1.165, 1.54) is 0 Å². The van der Waals surface area contributed by atoms with Gasteiger partial charge in [-0.3, -0.25) is 0 Å². The molecule has 6 nitrogen and oxygen atoms in total. The molecular weight excluding hydrogens is 300 g/mol. The summed E-state index contributed by atoms with van der Waals surface area (Å²) < 4.78 is 3.74. The van der Waals surface area contributed by atoms with Crippen molar-refractivity contribution in [3.05, 3.63) is 72.1 Å². The first-order chi connectivity index (χ1) is 11.7. The van der Waals surface area contributed by atoms with E-state index in [0.29, 0.717) is 6.54 Å². The minimum atomic E-state index is 0.168. The van der Waals surface area contributed by atoms with Crippen molar-refractivity contribution in [2.45, 2.75) is 13.5 Å². The summed E-state index contributed by atoms with van der Waals surface area (Å²) in [6, 6.07) is 16.1. The molecule has 0 atom stereocenters. The van der Waals surface area contributed by atoms with Gasteiger partial charge in [0, 0.05) is 11.8 Å². The molecule has 0 radical (unpaired) electrons. The van der Waals surface area contributed by atoms with E-state index in [4.69, 9.17) is 10.2 Å². The molecule has 3 aromatic heterocycles. The van der Waals surface area contributed by atoms with E-state index in [1.54, 1.807) is 11.0 Å². The van der Waals surface area contributed by atoms with E-state index in [2.05, 4.69) is 27.6 Å². The minimum absolute atomic E-state index is 0.168. The Hall–Kier alpha value is -3.46. The number of nitrogens with zero attached hydrogens (tertiary/aromatic N) is 6. The Kier molecular flexibility index (Phi) is 3.32. The van der Waals surface area contributed by atoms with Crippen LogP contribution in [0.15, 0.2) is 55.0 Å². The zero-order valence-electron chi connectivity index (χ0n) is 13.1. The number of pyridine rings is 1. The van der Waals surface area contributed by atoms with Crippen LogP contribution in [0.2, 0.25) is 0 Å². The maximum Gasteiger partial charge on any atom is 0.252 e. The molecule has 0 saturated carbocycles. The molecule has 6 heteroatoms. The van der Waals surface area contributed by atoms with Gasteiger partial charge in [0.1, 0.15) is 18.0 Å². The molecule has 0 aliphatic carbocycles. The van der Waals surface area contributed by atoms with Crippen LogP contribution >= 0.6 is 0 Å². The number of rotatable bonds is 3. The molecule has 3 heterocycles. The number of hydrogen-bond acceptors (Lipinski definition) is 4. The highest BCUT2D eigenvalue weighted by molar-refractivity contribution is 5.66. The first-order valence-corrected chi connectivity index (χ1v) is 7.57. The monoisotopic (exact) mass is 314 g/mol. The number of fused-ring (bicyclic) bond motifs is 1. The predicted molar refractivity (Wildman–Crippen MR) is 89.2 cm³/mol. The van der Waals surface area contributed by atoms with Gasteiger partial charge in [0.25, 0.3) is 5.82 Å². The lowest BCUT2D eigenvalue weighted by Crippen LogP contribution is -2.05. The minimum Gasteiger partial charge on any atom is -0.301 e. The summed E-state index contributed by atoms with van der Waals surface area (Å²) in [6.07, 6.45) is 3.63. The van der Waals surface area contributed by atoms with E-state index < -0.39 is 0 Å². The van der Waals surface area contributed by atoms with Gasteiger partial charge in [0.05, 0.1) is 17.9 Å². The molecule has 4 rings (SSSR count). The maximum atomic E-state index is 8.91. The zero-order valence-corrected chi connectivity index (χ0v) is 13.1. The van der Waals surface area contributed by atoms with Crippen molar-refractivity contribution in [1.29, 1.82) is 5.26 Å². The Morgan fingerprint density at radius 3 is 2.71 bits per heavy atom. The van der Waals surface area contributed by atoms with Gasteiger partial charge in [-0.15, -0.1) is 5.10 Å². The van der Waals surface area contributed by atoms with E-state index in [-0.39, 0.29) is 5.82 Å². The first-order valence-electron chi connectivity index (χ1n) is 7.57. The van der Waals surface area contributed by atoms with Crippen molar-refractivity contribution < 1.29 is 0 Å². The Morgan fingerprint density at radius 2 is 1.96 bits per heavy atom. The van der Waals surface area contributed by atoms with Crippen LogP contribution < -0.4 is 0 Å². The summed E-state index contributed by atoms with van der Waals surface area (Å²) in [5, 5.41) is 13.1. The molecule has 116 valence electrons. The van der Waals surface area contributed by atoms with Crippen LogP contribution in [0.3, 0.4) is 0 Å². The maximum absolute atomic E-state index is 8.91. The molecule has 0 saturated heterocycles.